The number of rotatable bonds is 6. The number of nitrogens with zero attached hydrogens (tertiary/aromatic N) is 2. The first-order valence-corrected chi connectivity index (χ1v) is 8.58. The Morgan fingerprint density at radius 2 is 2.04 bits per heavy atom. The number of hydrogen-bond acceptors (Lipinski definition) is 3. The van der Waals surface area contributed by atoms with Crippen molar-refractivity contribution >= 4 is 23.3 Å². The summed E-state index contributed by atoms with van der Waals surface area (Å²) in [5.74, 6) is 0.494. The van der Waals surface area contributed by atoms with Crippen molar-refractivity contribution in [3.8, 4) is 0 Å². The number of thioether (sulfide) groups is 1. The molecule has 1 N–H and O–H groups in total. The second kappa shape index (κ2) is 7.33. The van der Waals surface area contributed by atoms with Gasteiger partial charge in [-0.2, -0.15) is 0 Å². The van der Waals surface area contributed by atoms with Gasteiger partial charge in [0, 0.05) is 30.3 Å². The van der Waals surface area contributed by atoms with E-state index < -0.39 is 0 Å². The van der Waals surface area contributed by atoms with Gasteiger partial charge in [0.25, 0.3) is 0 Å². The second-order valence-electron chi connectivity index (χ2n) is 5.40. The van der Waals surface area contributed by atoms with Gasteiger partial charge in [0.2, 0.25) is 5.91 Å². The highest BCUT2D eigenvalue weighted by atomic mass is 32.2. The highest BCUT2D eigenvalue weighted by Crippen LogP contribution is 2.17. The van der Waals surface area contributed by atoms with Crippen LogP contribution in [-0.2, 0) is 11.2 Å². The zero-order valence-corrected chi connectivity index (χ0v) is 13.8. The predicted molar refractivity (Wildman–Crippen MR) is 93.8 cm³/mol. The van der Waals surface area contributed by atoms with Crippen LogP contribution >= 0.6 is 11.8 Å². The van der Waals surface area contributed by atoms with Crippen molar-refractivity contribution in [1.82, 2.24) is 14.7 Å². The van der Waals surface area contributed by atoms with E-state index in [-0.39, 0.29) is 5.91 Å². The minimum atomic E-state index is 0.0549. The molecule has 0 saturated heterocycles. The molecule has 3 rings (SSSR count). The molecule has 1 aromatic carbocycles. The number of carbonyl (C=O) groups is 1. The Bertz CT molecular complexity index is 762. The lowest BCUT2D eigenvalue weighted by atomic mass is 10.2. The summed E-state index contributed by atoms with van der Waals surface area (Å²) in [6.45, 7) is 2.66. The predicted octanol–water partition coefficient (Wildman–Crippen LogP) is 3.09. The van der Waals surface area contributed by atoms with Crippen molar-refractivity contribution in [1.29, 1.82) is 0 Å². The van der Waals surface area contributed by atoms with E-state index in [1.807, 2.05) is 47.1 Å². The third-order valence-electron chi connectivity index (χ3n) is 3.51. The lowest BCUT2D eigenvalue weighted by molar-refractivity contribution is -0.118. The topological polar surface area (TPSA) is 46.4 Å². The van der Waals surface area contributed by atoms with E-state index in [0.29, 0.717) is 12.3 Å². The molecule has 0 aliphatic heterocycles. The van der Waals surface area contributed by atoms with Crippen molar-refractivity contribution in [2.45, 2.75) is 18.2 Å². The fourth-order valence-corrected chi connectivity index (χ4v) is 3.00. The molecule has 118 valence electrons. The van der Waals surface area contributed by atoms with Crippen molar-refractivity contribution in [2.75, 3.05) is 12.3 Å². The summed E-state index contributed by atoms with van der Waals surface area (Å²) in [5, 5.41) is 2.95. The summed E-state index contributed by atoms with van der Waals surface area (Å²) in [6.07, 6.45) is 4.72. The quantitative estimate of drug-likeness (QED) is 0.709. The van der Waals surface area contributed by atoms with E-state index in [4.69, 9.17) is 0 Å². The SMILES string of the molecule is Cc1ccc(SCC(=O)NCCc2cn3ccccc3n2)cc1. The van der Waals surface area contributed by atoms with Crippen LogP contribution in [0.25, 0.3) is 5.65 Å². The Morgan fingerprint density at radius 1 is 1.22 bits per heavy atom. The number of hydrogen-bond donors (Lipinski definition) is 1. The van der Waals surface area contributed by atoms with Gasteiger partial charge in [-0.25, -0.2) is 4.98 Å². The van der Waals surface area contributed by atoms with Gasteiger partial charge in [-0.05, 0) is 31.2 Å². The molecule has 1 amide bonds. The van der Waals surface area contributed by atoms with Gasteiger partial charge in [-0.1, -0.05) is 23.8 Å². The van der Waals surface area contributed by atoms with E-state index in [1.54, 1.807) is 11.8 Å². The van der Waals surface area contributed by atoms with Gasteiger partial charge in [-0.3, -0.25) is 4.79 Å². The normalized spacial score (nSPS) is 10.8. The van der Waals surface area contributed by atoms with Crippen molar-refractivity contribution < 1.29 is 4.79 Å². The maximum absolute atomic E-state index is 11.9. The molecular formula is C18H19N3OS. The Labute approximate surface area is 139 Å². The fraction of sp³-hybridized carbons (Fsp3) is 0.222. The summed E-state index contributed by atoms with van der Waals surface area (Å²) in [4.78, 5) is 17.5. The molecule has 0 aliphatic carbocycles. The minimum absolute atomic E-state index is 0.0549. The largest absolute Gasteiger partial charge is 0.355 e. The van der Waals surface area contributed by atoms with Gasteiger partial charge >= 0.3 is 0 Å². The molecule has 0 bridgehead atoms. The van der Waals surface area contributed by atoms with Gasteiger partial charge in [-0.15, -0.1) is 11.8 Å². The van der Waals surface area contributed by atoms with Gasteiger partial charge in [0.1, 0.15) is 5.65 Å². The molecule has 0 aliphatic rings. The van der Waals surface area contributed by atoms with Gasteiger partial charge in [0.05, 0.1) is 11.4 Å². The van der Waals surface area contributed by atoms with Crippen LogP contribution in [0.4, 0.5) is 0 Å². The van der Waals surface area contributed by atoms with Crippen LogP contribution in [0.15, 0.2) is 59.8 Å². The molecule has 0 fully saturated rings. The van der Waals surface area contributed by atoms with Gasteiger partial charge < -0.3 is 9.72 Å². The van der Waals surface area contributed by atoms with E-state index in [0.717, 1.165) is 22.7 Å². The number of pyridine rings is 1. The Hall–Kier alpha value is -2.27. The summed E-state index contributed by atoms with van der Waals surface area (Å²) in [7, 11) is 0. The zero-order chi connectivity index (χ0) is 16.1. The molecule has 23 heavy (non-hydrogen) atoms. The lowest BCUT2D eigenvalue weighted by Gasteiger charge is -2.04. The summed E-state index contributed by atoms with van der Waals surface area (Å²) < 4.78 is 1.99. The average molecular weight is 325 g/mol. The number of carbonyl (C=O) groups excluding carboxylic acids is 1. The minimum Gasteiger partial charge on any atom is -0.355 e. The first-order valence-electron chi connectivity index (χ1n) is 7.59. The summed E-state index contributed by atoms with van der Waals surface area (Å²) in [5.41, 5.74) is 3.15. The van der Waals surface area contributed by atoms with E-state index in [9.17, 15) is 4.79 Å². The number of benzene rings is 1. The highest BCUT2D eigenvalue weighted by Gasteiger charge is 2.04. The Balaban J connectivity index is 1.43. The molecular weight excluding hydrogens is 306 g/mol. The number of imidazole rings is 1. The Morgan fingerprint density at radius 3 is 2.83 bits per heavy atom. The van der Waals surface area contributed by atoms with E-state index in [1.165, 1.54) is 5.56 Å². The molecule has 5 heteroatoms. The van der Waals surface area contributed by atoms with Crippen molar-refractivity contribution in [3.63, 3.8) is 0 Å². The molecule has 0 atom stereocenters. The number of fused-ring (bicyclic) bond motifs is 1. The molecule has 0 radical (unpaired) electrons. The maximum Gasteiger partial charge on any atom is 0.230 e. The molecule has 2 heterocycles. The third kappa shape index (κ3) is 4.36. The van der Waals surface area contributed by atoms with Crippen LogP contribution in [0.5, 0.6) is 0 Å². The summed E-state index contributed by atoms with van der Waals surface area (Å²) in [6, 6.07) is 14.1. The molecule has 3 aromatic rings. The van der Waals surface area contributed by atoms with Crippen molar-refractivity contribution in [3.05, 3.63) is 66.1 Å². The molecule has 4 nitrogen and oxygen atoms in total. The van der Waals surface area contributed by atoms with Crippen LogP contribution in [0.2, 0.25) is 0 Å². The van der Waals surface area contributed by atoms with Crippen LogP contribution in [0.3, 0.4) is 0 Å². The number of nitrogens with one attached hydrogen (secondary N) is 1. The second-order valence-corrected chi connectivity index (χ2v) is 6.45. The fourth-order valence-electron chi connectivity index (χ4n) is 2.27. The number of aromatic nitrogens is 2. The lowest BCUT2D eigenvalue weighted by Crippen LogP contribution is -2.27. The van der Waals surface area contributed by atoms with E-state index in [2.05, 4.69) is 29.4 Å². The summed E-state index contributed by atoms with van der Waals surface area (Å²) >= 11 is 1.56. The van der Waals surface area contributed by atoms with Gasteiger partial charge in [0.15, 0.2) is 0 Å². The smallest absolute Gasteiger partial charge is 0.230 e. The number of aryl methyl sites for hydroxylation is 1. The zero-order valence-electron chi connectivity index (χ0n) is 13.0. The van der Waals surface area contributed by atoms with Crippen LogP contribution in [0, 0.1) is 6.92 Å². The molecule has 2 aromatic heterocycles. The average Bonchev–Trinajstić information content (AvgIpc) is 2.97. The van der Waals surface area contributed by atoms with Crippen LogP contribution in [0.1, 0.15) is 11.3 Å². The highest BCUT2D eigenvalue weighted by molar-refractivity contribution is 8.00. The van der Waals surface area contributed by atoms with Crippen LogP contribution < -0.4 is 5.32 Å². The standard InChI is InChI=1S/C18H19N3OS/c1-14-5-7-16(8-6-14)23-13-18(22)19-10-9-15-12-21-11-3-2-4-17(21)20-15/h2-8,11-12H,9-10,13H2,1H3,(H,19,22). The monoisotopic (exact) mass is 325 g/mol. The van der Waals surface area contributed by atoms with E-state index >= 15 is 0 Å². The first kappa shape index (κ1) is 15.6. The maximum atomic E-state index is 11.9. The first-order chi connectivity index (χ1) is 11.2. The molecule has 0 spiro atoms. The molecule has 0 unspecified atom stereocenters. The Kier molecular flexibility index (Phi) is 4.98. The number of amides is 1. The molecule has 0 saturated carbocycles. The third-order valence-corrected chi connectivity index (χ3v) is 4.52. The van der Waals surface area contributed by atoms with Crippen molar-refractivity contribution in [2.24, 2.45) is 0 Å². The van der Waals surface area contributed by atoms with Crippen LogP contribution in [-0.4, -0.2) is 27.6 Å².